The molecular formula is C13H19ClN2O2. The number of carbonyl (C=O) groups is 1. The number of ether oxygens (including phenoxy) is 1. The molecule has 5 heteroatoms. The van der Waals surface area contributed by atoms with Crippen LogP contribution in [0.5, 0.6) is 5.75 Å². The van der Waals surface area contributed by atoms with Crippen LogP contribution in [0.3, 0.4) is 0 Å². The van der Waals surface area contributed by atoms with Crippen molar-refractivity contribution in [3.05, 3.63) is 28.8 Å². The van der Waals surface area contributed by atoms with Crippen molar-refractivity contribution in [1.29, 1.82) is 0 Å². The smallest absolute Gasteiger partial charge is 0.223 e. The van der Waals surface area contributed by atoms with Gasteiger partial charge in [-0.15, -0.1) is 0 Å². The third-order valence-corrected chi connectivity index (χ3v) is 2.97. The predicted octanol–water partition coefficient (Wildman–Crippen LogP) is 2.14. The molecule has 1 unspecified atom stereocenters. The summed E-state index contributed by atoms with van der Waals surface area (Å²) in [6.07, 6.45) is 0.340. The molecule has 0 aliphatic heterocycles. The van der Waals surface area contributed by atoms with Crippen molar-refractivity contribution >= 4 is 17.5 Å². The van der Waals surface area contributed by atoms with E-state index in [0.717, 1.165) is 11.3 Å². The number of rotatable bonds is 6. The molecule has 0 aliphatic rings. The van der Waals surface area contributed by atoms with E-state index in [-0.39, 0.29) is 11.9 Å². The van der Waals surface area contributed by atoms with Gasteiger partial charge in [0, 0.05) is 23.7 Å². The molecular weight excluding hydrogens is 252 g/mol. The van der Waals surface area contributed by atoms with Crippen molar-refractivity contribution in [3.8, 4) is 5.75 Å². The Hall–Kier alpha value is -1.26. The quantitative estimate of drug-likeness (QED) is 0.833. The van der Waals surface area contributed by atoms with E-state index in [1.54, 1.807) is 13.1 Å². The van der Waals surface area contributed by atoms with Crippen LogP contribution in [0.2, 0.25) is 5.02 Å². The van der Waals surface area contributed by atoms with Gasteiger partial charge in [-0.25, -0.2) is 0 Å². The van der Waals surface area contributed by atoms with E-state index < -0.39 is 0 Å². The second kappa shape index (κ2) is 7.24. The molecule has 1 rings (SSSR count). The Morgan fingerprint density at radius 2 is 2.17 bits per heavy atom. The van der Waals surface area contributed by atoms with Gasteiger partial charge >= 0.3 is 0 Å². The summed E-state index contributed by atoms with van der Waals surface area (Å²) in [6.45, 7) is 2.38. The zero-order valence-corrected chi connectivity index (χ0v) is 11.7. The van der Waals surface area contributed by atoms with E-state index >= 15 is 0 Å². The Morgan fingerprint density at radius 1 is 1.44 bits per heavy atom. The van der Waals surface area contributed by atoms with Crippen molar-refractivity contribution in [2.24, 2.45) is 0 Å². The van der Waals surface area contributed by atoms with E-state index in [0.29, 0.717) is 18.1 Å². The zero-order chi connectivity index (χ0) is 13.5. The van der Waals surface area contributed by atoms with E-state index in [9.17, 15) is 4.79 Å². The van der Waals surface area contributed by atoms with E-state index in [1.807, 2.05) is 26.1 Å². The van der Waals surface area contributed by atoms with Crippen LogP contribution in [-0.2, 0) is 4.79 Å². The second-order valence-electron chi connectivity index (χ2n) is 3.96. The van der Waals surface area contributed by atoms with Crippen molar-refractivity contribution < 1.29 is 9.53 Å². The average Bonchev–Trinajstić information content (AvgIpc) is 2.39. The molecule has 0 heterocycles. The molecule has 1 aromatic carbocycles. The molecule has 18 heavy (non-hydrogen) atoms. The molecule has 2 N–H and O–H groups in total. The molecule has 0 saturated carbocycles. The minimum Gasteiger partial charge on any atom is -0.493 e. The van der Waals surface area contributed by atoms with Gasteiger partial charge in [-0.3, -0.25) is 4.79 Å². The first kappa shape index (κ1) is 14.8. The van der Waals surface area contributed by atoms with E-state index in [1.165, 1.54) is 0 Å². The zero-order valence-electron chi connectivity index (χ0n) is 10.9. The fraction of sp³-hybridized carbons (Fsp3) is 0.462. The summed E-state index contributed by atoms with van der Waals surface area (Å²) >= 11 is 5.98. The molecule has 0 spiro atoms. The summed E-state index contributed by atoms with van der Waals surface area (Å²) < 4.78 is 5.63. The van der Waals surface area contributed by atoms with Crippen LogP contribution in [0.4, 0.5) is 0 Å². The monoisotopic (exact) mass is 270 g/mol. The Kier molecular flexibility index (Phi) is 5.95. The highest BCUT2D eigenvalue weighted by molar-refractivity contribution is 6.30. The second-order valence-corrected chi connectivity index (χ2v) is 4.40. The van der Waals surface area contributed by atoms with Crippen LogP contribution in [0, 0.1) is 0 Å². The van der Waals surface area contributed by atoms with Crippen LogP contribution in [0.25, 0.3) is 0 Å². The van der Waals surface area contributed by atoms with Gasteiger partial charge in [-0.2, -0.15) is 0 Å². The lowest BCUT2D eigenvalue weighted by atomic mass is 10.1. The summed E-state index contributed by atoms with van der Waals surface area (Å²) in [6, 6.07) is 5.62. The minimum atomic E-state index is -0.0350. The molecule has 0 fully saturated rings. The SMILES string of the molecule is CNC(=O)CCOc1ccc(Cl)cc1C(C)NC. The number of hydrogen-bond donors (Lipinski definition) is 2. The van der Waals surface area contributed by atoms with Gasteiger partial charge in [-0.05, 0) is 32.2 Å². The lowest BCUT2D eigenvalue weighted by Crippen LogP contribution is -2.20. The number of halogens is 1. The number of hydrogen-bond acceptors (Lipinski definition) is 3. The Balaban J connectivity index is 2.72. The van der Waals surface area contributed by atoms with Crippen LogP contribution >= 0.6 is 11.6 Å². The third-order valence-electron chi connectivity index (χ3n) is 2.74. The maximum absolute atomic E-state index is 11.1. The topological polar surface area (TPSA) is 50.4 Å². The summed E-state index contributed by atoms with van der Waals surface area (Å²) in [5.74, 6) is 0.720. The van der Waals surface area contributed by atoms with Gasteiger partial charge in [0.05, 0.1) is 13.0 Å². The molecule has 0 aromatic heterocycles. The first-order chi connectivity index (χ1) is 8.58. The summed E-state index contributed by atoms with van der Waals surface area (Å²) in [5, 5.41) is 6.37. The van der Waals surface area contributed by atoms with Crippen molar-refractivity contribution in [2.45, 2.75) is 19.4 Å². The first-order valence-electron chi connectivity index (χ1n) is 5.88. The highest BCUT2D eigenvalue weighted by atomic mass is 35.5. The predicted molar refractivity (Wildman–Crippen MR) is 73.1 cm³/mol. The van der Waals surface area contributed by atoms with Gasteiger partial charge in [0.1, 0.15) is 5.75 Å². The molecule has 100 valence electrons. The standard InChI is InChI=1S/C13H19ClN2O2/c1-9(15-2)11-8-10(14)4-5-12(11)18-7-6-13(17)16-3/h4-5,8-9,15H,6-7H2,1-3H3,(H,16,17). The number of carbonyl (C=O) groups excluding carboxylic acids is 1. The van der Waals surface area contributed by atoms with Gasteiger partial charge in [0.2, 0.25) is 5.91 Å². The molecule has 0 radical (unpaired) electrons. The Bertz CT molecular complexity index is 410. The lowest BCUT2D eigenvalue weighted by molar-refractivity contribution is -0.121. The molecule has 1 atom stereocenters. The molecule has 0 bridgehead atoms. The molecule has 4 nitrogen and oxygen atoms in total. The maximum atomic E-state index is 11.1. The maximum Gasteiger partial charge on any atom is 0.223 e. The van der Waals surface area contributed by atoms with Gasteiger partial charge in [0.15, 0.2) is 0 Å². The van der Waals surface area contributed by atoms with Gasteiger partial charge < -0.3 is 15.4 Å². The molecule has 1 aromatic rings. The summed E-state index contributed by atoms with van der Waals surface area (Å²) in [5.41, 5.74) is 0.988. The van der Waals surface area contributed by atoms with Gasteiger partial charge in [-0.1, -0.05) is 11.6 Å². The van der Waals surface area contributed by atoms with Crippen molar-refractivity contribution in [2.75, 3.05) is 20.7 Å². The Labute approximate surface area is 113 Å². The fourth-order valence-corrected chi connectivity index (χ4v) is 1.70. The highest BCUT2D eigenvalue weighted by Gasteiger charge is 2.11. The minimum absolute atomic E-state index is 0.0350. The molecule has 0 aliphatic carbocycles. The van der Waals surface area contributed by atoms with E-state index in [4.69, 9.17) is 16.3 Å². The fourth-order valence-electron chi connectivity index (χ4n) is 1.52. The van der Waals surface area contributed by atoms with Crippen molar-refractivity contribution in [3.63, 3.8) is 0 Å². The average molecular weight is 271 g/mol. The highest BCUT2D eigenvalue weighted by Crippen LogP contribution is 2.28. The Morgan fingerprint density at radius 3 is 2.78 bits per heavy atom. The van der Waals surface area contributed by atoms with Gasteiger partial charge in [0.25, 0.3) is 0 Å². The first-order valence-corrected chi connectivity index (χ1v) is 6.26. The van der Waals surface area contributed by atoms with Crippen LogP contribution in [0.15, 0.2) is 18.2 Å². The number of amides is 1. The summed E-state index contributed by atoms with van der Waals surface area (Å²) in [7, 11) is 3.49. The van der Waals surface area contributed by atoms with Crippen LogP contribution in [0.1, 0.15) is 24.9 Å². The molecule has 1 amide bonds. The van der Waals surface area contributed by atoms with E-state index in [2.05, 4.69) is 10.6 Å². The third kappa shape index (κ3) is 4.20. The normalized spacial score (nSPS) is 12.0. The lowest BCUT2D eigenvalue weighted by Gasteiger charge is -2.16. The van der Waals surface area contributed by atoms with Crippen LogP contribution < -0.4 is 15.4 Å². The summed E-state index contributed by atoms with van der Waals surface area (Å²) in [4.78, 5) is 11.1. The van der Waals surface area contributed by atoms with Crippen molar-refractivity contribution in [1.82, 2.24) is 10.6 Å². The van der Waals surface area contributed by atoms with Crippen LogP contribution in [-0.4, -0.2) is 26.6 Å². The number of nitrogens with one attached hydrogen (secondary N) is 2. The molecule has 0 saturated heterocycles. The largest absolute Gasteiger partial charge is 0.493 e. The number of benzene rings is 1.